The Morgan fingerprint density at radius 1 is 0.914 bits per heavy atom. The fourth-order valence-electron chi connectivity index (χ4n) is 3.37. The molecule has 4 amide bonds. The Balaban J connectivity index is 2.91. The van der Waals surface area contributed by atoms with Gasteiger partial charge in [0.05, 0.1) is 6.04 Å². The Bertz CT molecular complexity index is 890. The fraction of sp³-hybridized carbons (Fsp3) is 0.600. The van der Waals surface area contributed by atoms with Crippen molar-refractivity contribution >= 4 is 35.0 Å². The topological polar surface area (TPSA) is 135 Å². The van der Waals surface area contributed by atoms with Crippen LogP contribution in [0, 0.1) is 0 Å². The van der Waals surface area contributed by atoms with Gasteiger partial charge in [-0.3, -0.25) is 19.2 Å². The molecule has 1 aromatic rings. The molecule has 4 N–H and O–H groups in total. The Hall–Kier alpha value is -2.98. The summed E-state index contributed by atoms with van der Waals surface area (Å²) in [7, 11) is 0. The van der Waals surface area contributed by atoms with Gasteiger partial charge in [-0.15, -0.1) is 0 Å². The van der Waals surface area contributed by atoms with Crippen LogP contribution >= 0.6 is 0 Å². The lowest BCUT2D eigenvalue weighted by Crippen LogP contribution is -2.53. The molecule has 2 unspecified atom stereocenters. The second-order valence-corrected chi connectivity index (χ2v) is 9.14. The van der Waals surface area contributed by atoms with Crippen LogP contribution < -0.4 is 21.3 Å². The first-order chi connectivity index (χ1) is 16.3. The molecular weight excluding hydrogens is 452 g/mol. The maximum absolute atomic E-state index is 12.7. The highest BCUT2D eigenvalue weighted by Crippen LogP contribution is 2.31. The summed E-state index contributed by atoms with van der Waals surface area (Å²) < 4.78 is 11.1. The third kappa shape index (κ3) is 9.65. The molecule has 10 heteroatoms. The molecule has 196 valence electrons. The van der Waals surface area contributed by atoms with Crippen molar-refractivity contribution in [1.82, 2.24) is 10.6 Å². The summed E-state index contributed by atoms with van der Waals surface area (Å²) in [6.07, 6.45) is -0.0607. The number of hydrogen-bond acceptors (Lipinski definition) is 6. The second-order valence-electron chi connectivity index (χ2n) is 9.14. The van der Waals surface area contributed by atoms with Crippen molar-refractivity contribution in [2.24, 2.45) is 0 Å². The predicted octanol–water partition coefficient (Wildman–Crippen LogP) is 2.68. The SMILES string of the molecule is CCOC(OCC)C(CC)NC(=O)C(C)NC(=O)C(=O)Nc1cc(NC(C)=O)ccc1C(C)(C)C. The van der Waals surface area contributed by atoms with Crippen LogP contribution in [0.15, 0.2) is 18.2 Å². The summed E-state index contributed by atoms with van der Waals surface area (Å²) in [4.78, 5) is 49.3. The highest BCUT2D eigenvalue weighted by molar-refractivity contribution is 6.40. The van der Waals surface area contributed by atoms with Crippen LogP contribution in [-0.2, 0) is 34.1 Å². The number of amides is 4. The minimum absolute atomic E-state index is 0.260. The van der Waals surface area contributed by atoms with E-state index in [2.05, 4.69) is 21.3 Å². The van der Waals surface area contributed by atoms with Gasteiger partial charge in [-0.1, -0.05) is 33.8 Å². The summed E-state index contributed by atoms with van der Waals surface area (Å²) >= 11 is 0. The quantitative estimate of drug-likeness (QED) is 0.277. The number of carbonyl (C=O) groups excluding carboxylic acids is 4. The molecule has 0 aliphatic carbocycles. The number of hydrogen-bond donors (Lipinski definition) is 4. The first kappa shape index (κ1) is 30.1. The second kappa shape index (κ2) is 13.8. The van der Waals surface area contributed by atoms with Crippen LogP contribution in [0.5, 0.6) is 0 Å². The van der Waals surface area contributed by atoms with Gasteiger partial charge in [0, 0.05) is 31.5 Å². The molecule has 0 saturated heterocycles. The summed E-state index contributed by atoms with van der Waals surface area (Å²) in [5.41, 5.74) is 1.32. The zero-order valence-corrected chi connectivity index (χ0v) is 22.0. The van der Waals surface area contributed by atoms with E-state index in [1.165, 1.54) is 13.8 Å². The van der Waals surface area contributed by atoms with Gasteiger partial charge in [-0.25, -0.2) is 0 Å². The summed E-state index contributed by atoms with van der Waals surface area (Å²) in [5.74, 6) is -2.62. The Kier molecular flexibility index (Phi) is 11.8. The van der Waals surface area contributed by atoms with Crippen LogP contribution in [-0.4, -0.2) is 55.2 Å². The van der Waals surface area contributed by atoms with Crippen LogP contribution in [0.25, 0.3) is 0 Å². The zero-order valence-electron chi connectivity index (χ0n) is 22.0. The molecule has 1 aromatic carbocycles. The first-order valence-electron chi connectivity index (χ1n) is 11.9. The number of ether oxygens (including phenoxy) is 2. The van der Waals surface area contributed by atoms with E-state index < -0.39 is 36.1 Å². The van der Waals surface area contributed by atoms with Crippen molar-refractivity contribution in [3.63, 3.8) is 0 Å². The molecule has 2 atom stereocenters. The van der Waals surface area contributed by atoms with Crippen LogP contribution in [0.2, 0.25) is 0 Å². The number of rotatable bonds is 11. The largest absolute Gasteiger partial charge is 0.351 e. The lowest BCUT2D eigenvalue weighted by molar-refractivity contribution is -0.159. The van der Waals surface area contributed by atoms with Gasteiger partial charge in [-0.2, -0.15) is 0 Å². The molecule has 35 heavy (non-hydrogen) atoms. The van der Waals surface area contributed by atoms with Gasteiger partial charge >= 0.3 is 11.8 Å². The van der Waals surface area contributed by atoms with E-state index >= 15 is 0 Å². The van der Waals surface area contributed by atoms with Crippen molar-refractivity contribution in [3.05, 3.63) is 23.8 Å². The molecule has 0 aliphatic rings. The van der Waals surface area contributed by atoms with E-state index in [4.69, 9.17) is 9.47 Å². The lowest BCUT2D eigenvalue weighted by Gasteiger charge is -2.28. The molecule has 1 rings (SSSR count). The van der Waals surface area contributed by atoms with Crippen molar-refractivity contribution in [2.45, 2.75) is 85.6 Å². The standard InChI is InChI=1S/C25H40N4O6/c1-9-19(24(34-10-2)35-11-3)28-21(31)15(4)26-22(32)23(33)29-20-14-17(27-16(5)30)12-13-18(20)25(6,7)8/h12-15,19,24H,9-11H2,1-8H3,(H,26,32)(H,27,30)(H,28,31)(H,29,33). The third-order valence-electron chi connectivity index (χ3n) is 5.10. The average Bonchev–Trinajstić information content (AvgIpc) is 2.75. The fourth-order valence-corrected chi connectivity index (χ4v) is 3.37. The first-order valence-corrected chi connectivity index (χ1v) is 11.9. The molecule has 0 heterocycles. The van der Waals surface area contributed by atoms with Gasteiger partial charge in [0.1, 0.15) is 6.04 Å². The molecule has 0 fully saturated rings. The van der Waals surface area contributed by atoms with E-state index in [1.807, 2.05) is 41.5 Å². The maximum atomic E-state index is 12.7. The van der Waals surface area contributed by atoms with Gasteiger partial charge < -0.3 is 30.7 Å². The summed E-state index contributed by atoms with van der Waals surface area (Å²) in [6.45, 7) is 15.1. The molecule has 0 aromatic heterocycles. The Morgan fingerprint density at radius 3 is 2.00 bits per heavy atom. The number of benzene rings is 1. The molecule has 0 bridgehead atoms. The highest BCUT2D eigenvalue weighted by Gasteiger charge is 2.27. The van der Waals surface area contributed by atoms with E-state index in [-0.39, 0.29) is 11.3 Å². The van der Waals surface area contributed by atoms with E-state index in [1.54, 1.807) is 18.2 Å². The van der Waals surface area contributed by atoms with E-state index in [9.17, 15) is 19.2 Å². The number of nitrogens with one attached hydrogen (secondary N) is 4. The molecule has 0 aliphatic heterocycles. The van der Waals surface area contributed by atoms with Crippen LogP contribution in [0.1, 0.15) is 67.4 Å². The lowest BCUT2D eigenvalue weighted by atomic mass is 9.85. The average molecular weight is 493 g/mol. The van der Waals surface area contributed by atoms with E-state index in [0.717, 1.165) is 5.56 Å². The highest BCUT2D eigenvalue weighted by atomic mass is 16.7. The van der Waals surface area contributed by atoms with Gasteiger partial charge in [-0.05, 0) is 50.3 Å². The minimum atomic E-state index is -0.973. The van der Waals surface area contributed by atoms with Crippen molar-refractivity contribution in [3.8, 4) is 0 Å². The Morgan fingerprint density at radius 2 is 1.51 bits per heavy atom. The van der Waals surface area contributed by atoms with Crippen molar-refractivity contribution < 1.29 is 28.7 Å². The van der Waals surface area contributed by atoms with E-state index in [0.29, 0.717) is 31.0 Å². The monoisotopic (exact) mass is 492 g/mol. The normalized spacial score (nSPS) is 13.1. The van der Waals surface area contributed by atoms with Crippen LogP contribution in [0.3, 0.4) is 0 Å². The number of carbonyl (C=O) groups is 4. The number of anilines is 2. The maximum Gasteiger partial charge on any atom is 0.313 e. The summed E-state index contributed by atoms with van der Waals surface area (Å²) in [5, 5.41) is 10.5. The predicted molar refractivity (Wildman–Crippen MR) is 135 cm³/mol. The smallest absolute Gasteiger partial charge is 0.313 e. The molecule has 10 nitrogen and oxygen atoms in total. The van der Waals surface area contributed by atoms with Crippen molar-refractivity contribution in [2.75, 3.05) is 23.8 Å². The zero-order chi connectivity index (χ0) is 26.8. The van der Waals surface area contributed by atoms with Crippen molar-refractivity contribution in [1.29, 1.82) is 0 Å². The van der Waals surface area contributed by atoms with Gasteiger partial charge in [0.2, 0.25) is 11.8 Å². The minimum Gasteiger partial charge on any atom is -0.351 e. The molecule has 0 spiro atoms. The van der Waals surface area contributed by atoms with Gasteiger partial charge in [0.25, 0.3) is 0 Å². The third-order valence-corrected chi connectivity index (χ3v) is 5.10. The molecule has 0 radical (unpaired) electrons. The Labute approximate surface area is 207 Å². The molecule has 0 saturated carbocycles. The van der Waals surface area contributed by atoms with Crippen LogP contribution in [0.4, 0.5) is 11.4 Å². The molecular formula is C25H40N4O6. The summed E-state index contributed by atoms with van der Waals surface area (Å²) in [6, 6.07) is 3.72. The van der Waals surface area contributed by atoms with Gasteiger partial charge in [0.15, 0.2) is 6.29 Å².